The Morgan fingerprint density at radius 1 is 0.938 bits per heavy atom. The van der Waals surface area contributed by atoms with Crippen LogP contribution in [-0.4, -0.2) is 36.6 Å². The van der Waals surface area contributed by atoms with Gasteiger partial charge < -0.3 is 10.6 Å². The lowest BCUT2D eigenvalue weighted by Crippen LogP contribution is -2.18. The minimum Gasteiger partial charge on any atom is -0.388 e. The maximum atomic E-state index is 11.3. The van der Waals surface area contributed by atoms with E-state index in [9.17, 15) is 8.42 Å². The van der Waals surface area contributed by atoms with Crippen molar-refractivity contribution in [1.29, 1.82) is 0 Å². The molecule has 6 heteroatoms. The quantitative estimate of drug-likeness (QED) is 0.724. The van der Waals surface area contributed by atoms with E-state index in [-0.39, 0.29) is 4.90 Å². The Hall–Kier alpha value is -1.11. The van der Waals surface area contributed by atoms with Crippen molar-refractivity contribution in [3.63, 3.8) is 0 Å². The molecule has 0 aliphatic rings. The topological polar surface area (TPSA) is 70.2 Å². The van der Waals surface area contributed by atoms with E-state index in [1.807, 2.05) is 14.1 Å². The summed E-state index contributed by atoms with van der Waals surface area (Å²) >= 11 is 0. The molecule has 0 radical (unpaired) electrons. The Kier molecular flexibility index (Phi) is 6.71. The molecule has 1 aromatic rings. The van der Waals surface area contributed by atoms with Crippen LogP contribution >= 0.6 is 0 Å². The highest BCUT2D eigenvalue weighted by molar-refractivity contribution is 7.89. The molecule has 3 N–H and O–H groups in total. The number of anilines is 1. The van der Waals surface area contributed by atoms with E-state index in [4.69, 9.17) is 0 Å². The van der Waals surface area contributed by atoms with E-state index in [0.29, 0.717) is 0 Å². The number of benzene rings is 1. The molecule has 92 valence electrons. The summed E-state index contributed by atoms with van der Waals surface area (Å²) in [5, 5.41) is 5.66. The van der Waals surface area contributed by atoms with Gasteiger partial charge in [0, 0.05) is 12.7 Å². The van der Waals surface area contributed by atoms with Crippen LogP contribution < -0.4 is 15.4 Å². The molecule has 1 aromatic carbocycles. The van der Waals surface area contributed by atoms with Gasteiger partial charge in [-0.2, -0.15) is 0 Å². The predicted molar refractivity (Wildman–Crippen MR) is 67.2 cm³/mol. The van der Waals surface area contributed by atoms with Crippen molar-refractivity contribution in [1.82, 2.24) is 10.0 Å². The van der Waals surface area contributed by atoms with Crippen LogP contribution in [0, 0.1) is 0 Å². The van der Waals surface area contributed by atoms with Crippen molar-refractivity contribution in [3.8, 4) is 0 Å². The fourth-order valence-corrected chi connectivity index (χ4v) is 1.65. The maximum absolute atomic E-state index is 11.3. The van der Waals surface area contributed by atoms with Gasteiger partial charge in [0.2, 0.25) is 10.0 Å². The molecule has 0 aliphatic heterocycles. The summed E-state index contributed by atoms with van der Waals surface area (Å²) in [4.78, 5) is 0.272. The first-order valence-corrected chi connectivity index (χ1v) is 6.30. The van der Waals surface area contributed by atoms with E-state index >= 15 is 0 Å². The molecular formula is C10H19N3O2S. The van der Waals surface area contributed by atoms with Gasteiger partial charge in [0.1, 0.15) is 0 Å². The lowest BCUT2D eigenvalue weighted by atomic mass is 10.3. The van der Waals surface area contributed by atoms with E-state index in [0.717, 1.165) is 5.69 Å². The Bertz CT molecular complexity index is 387. The summed E-state index contributed by atoms with van der Waals surface area (Å²) in [6.07, 6.45) is 0. The molecule has 0 atom stereocenters. The van der Waals surface area contributed by atoms with Crippen molar-refractivity contribution >= 4 is 15.7 Å². The van der Waals surface area contributed by atoms with Gasteiger partial charge in [-0.05, 0) is 45.4 Å². The van der Waals surface area contributed by atoms with Crippen LogP contribution in [0.25, 0.3) is 0 Å². The maximum Gasteiger partial charge on any atom is 0.240 e. The zero-order valence-corrected chi connectivity index (χ0v) is 10.9. The third kappa shape index (κ3) is 4.61. The number of hydrogen-bond donors (Lipinski definition) is 3. The zero-order chi connectivity index (χ0) is 12.6. The Labute approximate surface area is 97.3 Å². The van der Waals surface area contributed by atoms with Gasteiger partial charge in [-0.3, -0.25) is 0 Å². The van der Waals surface area contributed by atoms with Gasteiger partial charge in [-0.1, -0.05) is 0 Å². The van der Waals surface area contributed by atoms with Gasteiger partial charge in [0.15, 0.2) is 0 Å². The summed E-state index contributed by atoms with van der Waals surface area (Å²) < 4.78 is 24.8. The summed E-state index contributed by atoms with van der Waals surface area (Å²) in [5.74, 6) is 0. The van der Waals surface area contributed by atoms with E-state index in [1.54, 1.807) is 31.3 Å². The molecule has 16 heavy (non-hydrogen) atoms. The average Bonchev–Trinajstić information content (AvgIpc) is 2.30. The van der Waals surface area contributed by atoms with Crippen molar-refractivity contribution in [3.05, 3.63) is 24.3 Å². The third-order valence-electron chi connectivity index (χ3n) is 1.72. The van der Waals surface area contributed by atoms with Gasteiger partial charge in [0.25, 0.3) is 0 Å². The molecule has 1 rings (SSSR count). The first-order chi connectivity index (χ1) is 7.51. The van der Waals surface area contributed by atoms with Crippen LogP contribution in [0.1, 0.15) is 0 Å². The van der Waals surface area contributed by atoms with E-state index in [2.05, 4.69) is 15.4 Å². The molecule has 0 spiro atoms. The molecule has 5 nitrogen and oxygen atoms in total. The summed E-state index contributed by atoms with van der Waals surface area (Å²) in [6, 6.07) is 6.53. The molecule has 0 heterocycles. The van der Waals surface area contributed by atoms with Gasteiger partial charge in [-0.25, -0.2) is 13.1 Å². The van der Waals surface area contributed by atoms with Crippen molar-refractivity contribution < 1.29 is 8.42 Å². The highest BCUT2D eigenvalue weighted by Gasteiger charge is 2.09. The van der Waals surface area contributed by atoms with Crippen LogP contribution in [0.2, 0.25) is 0 Å². The second-order valence-electron chi connectivity index (χ2n) is 2.98. The summed E-state index contributed by atoms with van der Waals surface area (Å²) in [7, 11) is 3.62. The van der Waals surface area contributed by atoms with Crippen LogP contribution in [-0.2, 0) is 10.0 Å². The molecule has 0 saturated carbocycles. The first kappa shape index (κ1) is 14.9. The monoisotopic (exact) mass is 245 g/mol. The smallest absolute Gasteiger partial charge is 0.240 e. The number of rotatable bonds is 3. The van der Waals surface area contributed by atoms with Crippen molar-refractivity contribution in [2.45, 2.75) is 4.90 Å². The van der Waals surface area contributed by atoms with Crippen LogP contribution in [0.15, 0.2) is 29.2 Å². The fraction of sp³-hybridized carbons (Fsp3) is 0.400. The largest absolute Gasteiger partial charge is 0.388 e. The SMILES string of the molecule is CNC.CNc1ccc(S(=O)(=O)NC)cc1. The minimum atomic E-state index is -3.30. The Morgan fingerprint density at radius 2 is 1.38 bits per heavy atom. The van der Waals surface area contributed by atoms with Crippen molar-refractivity contribution in [2.75, 3.05) is 33.5 Å². The lowest BCUT2D eigenvalue weighted by Gasteiger charge is -2.03. The van der Waals surface area contributed by atoms with Gasteiger partial charge in [-0.15, -0.1) is 0 Å². The molecular weight excluding hydrogens is 226 g/mol. The van der Waals surface area contributed by atoms with Crippen LogP contribution in [0.4, 0.5) is 5.69 Å². The predicted octanol–water partition coefficient (Wildman–Crippen LogP) is 0.472. The summed E-state index contributed by atoms with van der Waals surface area (Å²) in [6.45, 7) is 0. The van der Waals surface area contributed by atoms with Gasteiger partial charge >= 0.3 is 0 Å². The molecule has 0 saturated heterocycles. The average molecular weight is 245 g/mol. The van der Waals surface area contributed by atoms with Gasteiger partial charge in [0.05, 0.1) is 4.90 Å². The molecule has 0 fully saturated rings. The highest BCUT2D eigenvalue weighted by atomic mass is 32.2. The minimum absolute atomic E-state index is 0.272. The zero-order valence-electron chi connectivity index (χ0n) is 10.0. The second kappa shape index (κ2) is 7.21. The molecule has 0 aromatic heterocycles. The molecule has 0 amide bonds. The molecule has 0 unspecified atom stereocenters. The highest BCUT2D eigenvalue weighted by Crippen LogP contribution is 2.12. The second-order valence-corrected chi connectivity index (χ2v) is 4.87. The van der Waals surface area contributed by atoms with E-state index in [1.165, 1.54) is 7.05 Å². The lowest BCUT2D eigenvalue weighted by molar-refractivity contribution is 0.588. The Morgan fingerprint density at radius 3 is 1.69 bits per heavy atom. The summed E-state index contributed by atoms with van der Waals surface area (Å²) in [5.41, 5.74) is 0.884. The van der Waals surface area contributed by atoms with Crippen LogP contribution in [0.5, 0.6) is 0 Å². The number of sulfonamides is 1. The van der Waals surface area contributed by atoms with E-state index < -0.39 is 10.0 Å². The Balaban J connectivity index is 0.000000673. The number of hydrogen-bond acceptors (Lipinski definition) is 4. The normalized spacial score (nSPS) is 10.2. The molecule has 0 aliphatic carbocycles. The standard InChI is InChI=1S/C8H12N2O2S.C2H7N/c1-9-7-3-5-8(6-4-7)13(11,12)10-2;1-3-2/h3-6,9-10H,1-2H3;3H,1-2H3. The fourth-order valence-electron chi connectivity index (χ4n) is 0.919. The van der Waals surface area contributed by atoms with Crippen LogP contribution in [0.3, 0.4) is 0 Å². The third-order valence-corrected chi connectivity index (χ3v) is 3.15. The number of nitrogens with one attached hydrogen (secondary N) is 3. The van der Waals surface area contributed by atoms with Crippen molar-refractivity contribution in [2.24, 2.45) is 0 Å². The molecule has 0 bridgehead atoms. The first-order valence-electron chi connectivity index (χ1n) is 4.81.